The van der Waals surface area contributed by atoms with Crippen molar-refractivity contribution < 1.29 is 4.74 Å². The van der Waals surface area contributed by atoms with Crippen molar-refractivity contribution in [2.45, 2.75) is 26.8 Å². The molecule has 2 aromatic carbocycles. The fraction of sp³-hybridized carbons (Fsp3) is 0.227. The maximum Gasteiger partial charge on any atom is 0.271 e. The molecule has 4 aromatic rings. The van der Waals surface area contributed by atoms with E-state index in [0.717, 1.165) is 28.7 Å². The highest BCUT2D eigenvalue weighted by Crippen LogP contribution is 2.30. The van der Waals surface area contributed by atoms with E-state index in [9.17, 15) is 4.79 Å². The van der Waals surface area contributed by atoms with E-state index >= 15 is 0 Å². The Morgan fingerprint density at radius 1 is 1.10 bits per heavy atom. The van der Waals surface area contributed by atoms with Crippen molar-refractivity contribution in [3.63, 3.8) is 0 Å². The molecular weight excluding hydrogens is 460 g/mol. The SMILES string of the molecule is CCCOc1nn(Cc2ccc(-c3ccccc3-c3nn[nH]n3)cc2)c(=O)c(C)c1Br. The van der Waals surface area contributed by atoms with Crippen LogP contribution in [0, 0.1) is 6.92 Å². The molecule has 0 fully saturated rings. The van der Waals surface area contributed by atoms with E-state index in [1.54, 1.807) is 6.92 Å². The zero-order chi connectivity index (χ0) is 21.8. The number of hydrogen-bond acceptors (Lipinski definition) is 6. The molecule has 0 bridgehead atoms. The zero-order valence-corrected chi connectivity index (χ0v) is 18.8. The monoisotopic (exact) mass is 480 g/mol. The smallest absolute Gasteiger partial charge is 0.271 e. The molecule has 0 saturated carbocycles. The van der Waals surface area contributed by atoms with Gasteiger partial charge in [0.15, 0.2) is 0 Å². The number of nitrogens with one attached hydrogen (secondary N) is 1. The zero-order valence-electron chi connectivity index (χ0n) is 17.2. The lowest BCUT2D eigenvalue weighted by atomic mass is 9.98. The Kier molecular flexibility index (Phi) is 6.22. The fourth-order valence-electron chi connectivity index (χ4n) is 3.21. The summed E-state index contributed by atoms with van der Waals surface area (Å²) in [4.78, 5) is 12.7. The minimum atomic E-state index is -0.151. The Balaban J connectivity index is 1.62. The maximum atomic E-state index is 12.7. The van der Waals surface area contributed by atoms with Gasteiger partial charge in [-0.05, 0) is 51.2 Å². The van der Waals surface area contributed by atoms with Crippen LogP contribution in [-0.4, -0.2) is 37.0 Å². The van der Waals surface area contributed by atoms with Gasteiger partial charge >= 0.3 is 0 Å². The average molecular weight is 481 g/mol. The van der Waals surface area contributed by atoms with E-state index in [0.29, 0.717) is 34.9 Å². The van der Waals surface area contributed by atoms with E-state index in [4.69, 9.17) is 4.74 Å². The van der Waals surface area contributed by atoms with Crippen LogP contribution in [0.1, 0.15) is 24.5 Å². The molecule has 0 amide bonds. The van der Waals surface area contributed by atoms with Gasteiger partial charge < -0.3 is 4.74 Å². The van der Waals surface area contributed by atoms with Crippen molar-refractivity contribution in [1.82, 2.24) is 30.4 Å². The lowest BCUT2D eigenvalue weighted by molar-refractivity contribution is 0.292. The largest absolute Gasteiger partial charge is 0.476 e. The van der Waals surface area contributed by atoms with Gasteiger partial charge in [-0.25, -0.2) is 4.68 Å². The molecule has 1 N–H and O–H groups in total. The first-order chi connectivity index (χ1) is 15.1. The number of nitrogens with zero attached hydrogens (tertiary/aromatic N) is 5. The van der Waals surface area contributed by atoms with Gasteiger partial charge in [0, 0.05) is 11.1 Å². The Bertz CT molecular complexity index is 1240. The highest BCUT2D eigenvalue weighted by Gasteiger charge is 2.14. The Morgan fingerprint density at radius 3 is 2.52 bits per heavy atom. The lowest BCUT2D eigenvalue weighted by Gasteiger charge is -2.13. The second kappa shape index (κ2) is 9.22. The van der Waals surface area contributed by atoms with E-state index in [1.807, 2.05) is 55.5 Å². The summed E-state index contributed by atoms with van der Waals surface area (Å²) in [6, 6.07) is 15.9. The molecule has 0 unspecified atom stereocenters. The van der Waals surface area contributed by atoms with E-state index in [2.05, 4.69) is 41.7 Å². The van der Waals surface area contributed by atoms with Gasteiger partial charge in [-0.3, -0.25) is 4.79 Å². The first-order valence-electron chi connectivity index (χ1n) is 9.90. The number of hydrogen-bond donors (Lipinski definition) is 1. The summed E-state index contributed by atoms with van der Waals surface area (Å²) in [6.45, 7) is 4.68. The molecule has 0 radical (unpaired) electrons. The number of ether oxygens (including phenoxy) is 1. The predicted octanol–water partition coefficient (Wildman–Crippen LogP) is 4.00. The van der Waals surface area contributed by atoms with Crippen LogP contribution in [0.4, 0.5) is 0 Å². The third-order valence-corrected chi connectivity index (χ3v) is 5.77. The van der Waals surface area contributed by atoms with E-state index in [1.165, 1.54) is 4.68 Å². The van der Waals surface area contributed by atoms with Crippen molar-refractivity contribution in [3.8, 4) is 28.4 Å². The topological polar surface area (TPSA) is 98.6 Å². The van der Waals surface area contributed by atoms with Gasteiger partial charge in [-0.2, -0.15) is 5.21 Å². The van der Waals surface area contributed by atoms with Gasteiger partial charge in [0.2, 0.25) is 11.7 Å². The first kappa shape index (κ1) is 20.9. The summed E-state index contributed by atoms with van der Waals surface area (Å²) in [5.41, 5.74) is 4.29. The molecule has 0 spiro atoms. The average Bonchev–Trinajstić information content (AvgIpc) is 3.34. The highest BCUT2D eigenvalue weighted by atomic mass is 79.9. The summed E-state index contributed by atoms with van der Waals surface area (Å²) >= 11 is 3.42. The molecule has 31 heavy (non-hydrogen) atoms. The number of tetrazole rings is 1. The molecule has 0 aliphatic heterocycles. The van der Waals surface area contributed by atoms with Gasteiger partial charge in [-0.15, -0.1) is 15.3 Å². The number of benzene rings is 2. The Hall–Kier alpha value is -3.33. The minimum absolute atomic E-state index is 0.151. The van der Waals surface area contributed by atoms with E-state index < -0.39 is 0 Å². The van der Waals surface area contributed by atoms with Crippen LogP contribution < -0.4 is 10.3 Å². The van der Waals surface area contributed by atoms with Crippen LogP contribution in [0.15, 0.2) is 57.8 Å². The molecule has 158 valence electrons. The van der Waals surface area contributed by atoms with Crippen molar-refractivity contribution in [1.29, 1.82) is 0 Å². The van der Waals surface area contributed by atoms with Crippen LogP contribution in [0.25, 0.3) is 22.5 Å². The van der Waals surface area contributed by atoms with Crippen molar-refractivity contribution >= 4 is 15.9 Å². The predicted molar refractivity (Wildman–Crippen MR) is 121 cm³/mol. The summed E-state index contributed by atoms with van der Waals surface area (Å²) in [7, 11) is 0. The standard InChI is InChI=1S/C22H21BrN6O2/c1-3-12-31-21-19(23)14(2)22(30)29(26-21)13-15-8-10-16(11-9-15)17-6-4-5-7-18(17)20-24-27-28-25-20/h4-11H,3,12-13H2,1-2H3,(H,24,25,27,28). The number of rotatable bonds is 7. The van der Waals surface area contributed by atoms with Crippen LogP contribution in [0.3, 0.4) is 0 Å². The molecule has 0 aliphatic rings. The molecule has 2 aromatic heterocycles. The molecule has 0 aliphatic carbocycles. The van der Waals surface area contributed by atoms with Crippen LogP contribution in [-0.2, 0) is 6.54 Å². The lowest BCUT2D eigenvalue weighted by Crippen LogP contribution is -2.26. The third kappa shape index (κ3) is 4.41. The summed E-state index contributed by atoms with van der Waals surface area (Å²) in [5, 5.41) is 18.7. The molecule has 4 rings (SSSR count). The minimum Gasteiger partial charge on any atom is -0.476 e. The van der Waals surface area contributed by atoms with Crippen LogP contribution >= 0.6 is 15.9 Å². The molecule has 0 atom stereocenters. The van der Waals surface area contributed by atoms with Gasteiger partial charge in [0.25, 0.3) is 5.56 Å². The maximum absolute atomic E-state index is 12.7. The van der Waals surface area contributed by atoms with E-state index in [-0.39, 0.29) is 5.56 Å². The number of aromatic nitrogens is 6. The normalized spacial score (nSPS) is 10.9. The quantitative estimate of drug-likeness (QED) is 0.429. The molecular formula is C22H21BrN6O2. The number of aromatic amines is 1. The summed E-state index contributed by atoms with van der Waals surface area (Å²) < 4.78 is 7.73. The van der Waals surface area contributed by atoms with Crippen molar-refractivity contribution in [2.75, 3.05) is 6.61 Å². The highest BCUT2D eigenvalue weighted by molar-refractivity contribution is 9.10. The number of H-pyrrole nitrogens is 1. The summed E-state index contributed by atoms with van der Waals surface area (Å²) in [6.07, 6.45) is 0.860. The van der Waals surface area contributed by atoms with Gasteiger partial charge in [0.05, 0.1) is 17.6 Å². The third-order valence-electron chi connectivity index (χ3n) is 4.84. The Morgan fingerprint density at radius 2 is 1.84 bits per heavy atom. The number of halogens is 1. The first-order valence-corrected chi connectivity index (χ1v) is 10.7. The molecule has 2 heterocycles. The van der Waals surface area contributed by atoms with Crippen molar-refractivity contribution in [3.05, 3.63) is 74.5 Å². The molecule has 0 saturated heterocycles. The molecule has 8 nitrogen and oxygen atoms in total. The second-order valence-corrected chi connectivity index (χ2v) is 7.83. The Labute approximate surface area is 187 Å². The molecule has 9 heteroatoms. The van der Waals surface area contributed by atoms with Gasteiger partial charge in [-0.1, -0.05) is 55.5 Å². The second-order valence-electron chi connectivity index (χ2n) is 7.03. The van der Waals surface area contributed by atoms with Gasteiger partial charge in [0.1, 0.15) is 0 Å². The summed E-state index contributed by atoms with van der Waals surface area (Å²) in [5.74, 6) is 0.977. The van der Waals surface area contributed by atoms with Crippen molar-refractivity contribution in [2.24, 2.45) is 0 Å². The van der Waals surface area contributed by atoms with Crippen LogP contribution in [0.5, 0.6) is 5.88 Å². The fourth-order valence-corrected chi connectivity index (χ4v) is 3.58. The van der Waals surface area contributed by atoms with Crippen LogP contribution in [0.2, 0.25) is 0 Å².